The number of aromatic nitrogens is 4. The molecule has 15 nitrogen and oxygen atoms in total. The van der Waals surface area contributed by atoms with Crippen molar-refractivity contribution in [2.24, 2.45) is 5.92 Å². The van der Waals surface area contributed by atoms with Crippen LogP contribution >= 0.6 is 11.6 Å². The summed E-state index contributed by atoms with van der Waals surface area (Å²) in [6.07, 6.45) is 7.36. The Morgan fingerprint density at radius 3 is 2.51 bits per heavy atom. The molecule has 2 bridgehead atoms. The number of imidazole rings is 1. The van der Waals surface area contributed by atoms with E-state index in [0.29, 0.717) is 77.8 Å². The standard InChI is InChI=1S/C38H43ClN8O7S/c1-52-31-19-29-27(34(53-2)35(31)54-3)18-26-22-47(55(50,51)32-12-5-4-11-28(32)39)17-7-6-14-45(37(49)30-23-46-16-9-13-40-38(46)43-30)24-33(48)41-20-25-10-8-15-44(21-25)36(26)42-29/h4-5,9,11-13,16,18-19,23,25H,6-8,10,14-15,17,20-22,24H2,1-3H3,(H,41,48). The fourth-order valence-corrected chi connectivity index (χ4v) is 9.28. The van der Waals surface area contributed by atoms with E-state index in [1.807, 2.05) is 6.07 Å². The van der Waals surface area contributed by atoms with Crippen molar-refractivity contribution in [2.75, 3.05) is 65.5 Å². The summed E-state index contributed by atoms with van der Waals surface area (Å²) in [6.45, 7) is 1.69. The second kappa shape index (κ2) is 16.3. The van der Waals surface area contributed by atoms with Gasteiger partial charge in [-0.05, 0) is 55.9 Å². The van der Waals surface area contributed by atoms with Crippen molar-refractivity contribution >= 4 is 55.9 Å². The number of carbonyl (C=O) groups is 2. The Morgan fingerprint density at radius 1 is 0.945 bits per heavy atom. The second-order valence-corrected chi connectivity index (χ2v) is 15.9. The van der Waals surface area contributed by atoms with Gasteiger partial charge >= 0.3 is 0 Å². The number of carbonyl (C=O) groups excluding carboxylic acids is 2. The molecule has 1 unspecified atom stereocenters. The molecule has 290 valence electrons. The molecule has 5 aromatic rings. The summed E-state index contributed by atoms with van der Waals surface area (Å²) in [6, 6.07) is 11.8. The van der Waals surface area contributed by atoms with Crippen LogP contribution < -0.4 is 24.4 Å². The number of nitrogens with zero attached hydrogens (tertiary/aromatic N) is 7. The molecule has 0 aliphatic carbocycles. The van der Waals surface area contributed by atoms with Crippen molar-refractivity contribution in [2.45, 2.75) is 37.1 Å². The SMILES string of the molecule is COc1cc2nc3c(cc2c(OC)c1OC)CN(S(=O)(=O)c1ccccc1Cl)CCCCN(C(=O)c1cn2cccnc2n1)CC(=O)NCC1CCCN3C1. The number of hydrogen-bond acceptors (Lipinski definition) is 11. The normalized spacial score (nSPS) is 17.8. The van der Waals surface area contributed by atoms with E-state index in [2.05, 4.69) is 20.2 Å². The van der Waals surface area contributed by atoms with E-state index in [-0.39, 0.29) is 53.6 Å². The molecule has 1 N–H and O–H groups in total. The lowest BCUT2D eigenvalue weighted by atomic mass is 9.97. The van der Waals surface area contributed by atoms with E-state index >= 15 is 0 Å². The van der Waals surface area contributed by atoms with Crippen molar-refractivity contribution in [3.05, 3.63) is 77.3 Å². The summed E-state index contributed by atoms with van der Waals surface area (Å²) in [5.41, 5.74) is 1.40. The number of pyridine rings is 1. The van der Waals surface area contributed by atoms with Gasteiger partial charge in [0, 0.05) is 74.9 Å². The van der Waals surface area contributed by atoms with E-state index in [9.17, 15) is 18.0 Å². The lowest BCUT2D eigenvalue weighted by molar-refractivity contribution is -0.122. The minimum Gasteiger partial charge on any atom is -0.493 e. The molecule has 7 rings (SSSR count). The zero-order valence-corrected chi connectivity index (χ0v) is 32.5. The number of methoxy groups -OCH3 is 3. The van der Waals surface area contributed by atoms with E-state index in [4.69, 9.17) is 30.8 Å². The number of nitrogens with one attached hydrogen (secondary N) is 1. The molecule has 2 aliphatic heterocycles. The molecule has 2 aliphatic rings. The van der Waals surface area contributed by atoms with Crippen molar-refractivity contribution in [3.8, 4) is 17.2 Å². The molecule has 1 saturated heterocycles. The number of ether oxygens (including phenoxy) is 3. The topological polar surface area (TPSA) is 161 Å². The van der Waals surface area contributed by atoms with Gasteiger partial charge in [-0.2, -0.15) is 4.31 Å². The first-order valence-corrected chi connectivity index (χ1v) is 19.9. The van der Waals surface area contributed by atoms with E-state index in [0.717, 1.165) is 12.8 Å². The van der Waals surface area contributed by atoms with Crippen molar-refractivity contribution in [3.63, 3.8) is 0 Å². The van der Waals surface area contributed by atoms with Crippen LogP contribution in [0.25, 0.3) is 16.7 Å². The molecular formula is C38H43ClN8O7S. The largest absolute Gasteiger partial charge is 0.493 e. The Kier molecular flexibility index (Phi) is 11.3. The summed E-state index contributed by atoms with van der Waals surface area (Å²) in [7, 11) is 0.453. The predicted octanol–water partition coefficient (Wildman–Crippen LogP) is 4.42. The molecule has 2 aromatic carbocycles. The number of hydrogen-bond donors (Lipinski definition) is 1. The molecule has 1 atom stereocenters. The van der Waals surface area contributed by atoms with Crippen LogP contribution in [0.4, 0.5) is 5.82 Å². The highest BCUT2D eigenvalue weighted by molar-refractivity contribution is 7.89. The maximum atomic E-state index is 14.5. The van der Waals surface area contributed by atoms with Crippen LogP contribution in [0.5, 0.6) is 17.2 Å². The summed E-state index contributed by atoms with van der Waals surface area (Å²) < 4.78 is 49.3. The molecule has 55 heavy (non-hydrogen) atoms. The monoisotopic (exact) mass is 790 g/mol. The fraction of sp³-hybridized carbons (Fsp3) is 0.395. The van der Waals surface area contributed by atoms with E-state index < -0.39 is 15.9 Å². The quantitative estimate of drug-likeness (QED) is 0.260. The number of halogens is 1. The number of fused-ring (bicyclic) bond motifs is 6. The van der Waals surface area contributed by atoms with Gasteiger partial charge in [0.25, 0.3) is 5.91 Å². The molecule has 2 amide bonds. The van der Waals surface area contributed by atoms with Crippen LogP contribution in [-0.2, 0) is 21.4 Å². The Labute approximate surface area is 324 Å². The fourth-order valence-electron chi connectivity index (χ4n) is 7.33. The molecule has 1 fully saturated rings. The minimum atomic E-state index is -4.15. The number of benzene rings is 2. The molecule has 3 aromatic heterocycles. The first-order chi connectivity index (χ1) is 26.6. The third kappa shape index (κ3) is 7.84. The third-order valence-electron chi connectivity index (χ3n) is 10.0. The molecule has 0 saturated carbocycles. The second-order valence-electron chi connectivity index (χ2n) is 13.6. The highest BCUT2D eigenvalue weighted by Crippen LogP contribution is 2.44. The van der Waals surface area contributed by atoms with Gasteiger partial charge in [0.2, 0.25) is 27.5 Å². The summed E-state index contributed by atoms with van der Waals surface area (Å²) in [4.78, 5) is 44.6. The summed E-state index contributed by atoms with van der Waals surface area (Å²) in [5.74, 6) is 1.59. The van der Waals surface area contributed by atoms with Crippen LogP contribution in [-0.4, -0.2) is 109 Å². The molecular weight excluding hydrogens is 748 g/mol. The number of rotatable bonds is 6. The minimum absolute atomic E-state index is 0.0164. The molecule has 5 heterocycles. The van der Waals surface area contributed by atoms with E-state index in [1.54, 1.807) is 60.4 Å². The lowest BCUT2D eigenvalue weighted by Crippen LogP contribution is -2.45. The zero-order chi connectivity index (χ0) is 38.7. The van der Waals surface area contributed by atoms with Crippen molar-refractivity contribution in [1.82, 2.24) is 33.9 Å². The average molecular weight is 791 g/mol. The Balaban J connectivity index is 1.30. The van der Waals surface area contributed by atoms with Gasteiger partial charge in [-0.15, -0.1) is 0 Å². The molecule has 17 heteroatoms. The van der Waals surface area contributed by atoms with Crippen LogP contribution in [0.15, 0.2) is 66.0 Å². The van der Waals surface area contributed by atoms with Gasteiger partial charge in [-0.1, -0.05) is 23.7 Å². The van der Waals surface area contributed by atoms with Crippen LogP contribution in [0.3, 0.4) is 0 Å². The Bertz CT molecular complexity index is 2310. The first-order valence-electron chi connectivity index (χ1n) is 18.1. The van der Waals surface area contributed by atoms with Gasteiger partial charge in [0.1, 0.15) is 16.4 Å². The van der Waals surface area contributed by atoms with Crippen LogP contribution in [0.2, 0.25) is 5.02 Å². The smallest absolute Gasteiger partial charge is 0.274 e. The summed E-state index contributed by atoms with van der Waals surface area (Å²) >= 11 is 6.52. The maximum absolute atomic E-state index is 14.5. The number of amides is 2. The zero-order valence-electron chi connectivity index (χ0n) is 30.9. The first kappa shape index (κ1) is 38.1. The highest BCUT2D eigenvalue weighted by Gasteiger charge is 2.32. The highest BCUT2D eigenvalue weighted by atomic mass is 35.5. The van der Waals surface area contributed by atoms with Crippen molar-refractivity contribution < 1.29 is 32.2 Å². The Hall–Kier alpha value is -5.19. The lowest BCUT2D eigenvalue weighted by Gasteiger charge is -2.36. The van der Waals surface area contributed by atoms with Crippen molar-refractivity contribution in [1.29, 1.82) is 0 Å². The molecule has 0 spiro atoms. The number of piperidine rings is 1. The Morgan fingerprint density at radius 2 is 1.75 bits per heavy atom. The van der Waals surface area contributed by atoms with E-state index in [1.165, 1.54) is 29.5 Å². The predicted molar refractivity (Wildman–Crippen MR) is 207 cm³/mol. The van der Waals surface area contributed by atoms with Crippen LogP contribution in [0, 0.1) is 5.92 Å². The van der Waals surface area contributed by atoms with Gasteiger partial charge in [-0.3, -0.25) is 14.0 Å². The number of anilines is 1. The van der Waals surface area contributed by atoms with Gasteiger partial charge in [0.05, 0.1) is 38.4 Å². The molecule has 0 radical (unpaired) electrons. The van der Waals surface area contributed by atoms with Gasteiger partial charge < -0.3 is 29.3 Å². The third-order valence-corrected chi connectivity index (χ3v) is 12.4. The maximum Gasteiger partial charge on any atom is 0.274 e. The van der Waals surface area contributed by atoms with Gasteiger partial charge in [-0.25, -0.2) is 23.4 Å². The number of sulfonamides is 1. The van der Waals surface area contributed by atoms with Crippen LogP contribution in [0.1, 0.15) is 41.7 Å². The van der Waals surface area contributed by atoms with Gasteiger partial charge in [0.15, 0.2) is 11.5 Å². The average Bonchev–Trinajstić information content (AvgIpc) is 3.64. The summed E-state index contributed by atoms with van der Waals surface area (Å²) in [5, 5.41) is 3.80.